The molecule has 3 atom stereocenters. The average Bonchev–Trinajstić information content (AvgIpc) is 2.97. The third-order valence-corrected chi connectivity index (χ3v) is 6.21. The van der Waals surface area contributed by atoms with Gasteiger partial charge in [-0.2, -0.15) is 0 Å². The summed E-state index contributed by atoms with van der Waals surface area (Å²) in [6, 6.07) is 7.89. The number of rotatable bonds is 5. The molecule has 1 aliphatic rings. The fraction of sp³-hybridized carbons (Fsp3) is 0.571. The first-order valence-electron chi connectivity index (χ1n) is 6.42. The van der Waals surface area contributed by atoms with Crippen molar-refractivity contribution in [3.05, 3.63) is 35.4 Å². The number of ether oxygens (including phenoxy) is 1. The molecule has 1 aromatic carbocycles. The van der Waals surface area contributed by atoms with Gasteiger partial charge in [0.1, 0.15) is 0 Å². The molecule has 0 saturated heterocycles. The molecule has 0 radical (unpaired) electrons. The Morgan fingerprint density at radius 3 is 2.37 bits per heavy atom. The van der Waals surface area contributed by atoms with Crippen molar-refractivity contribution in [1.82, 2.24) is 0 Å². The van der Waals surface area contributed by atoms with Crippen molar-refractivity contribution in [3.63, 3.8) is 0 Å². The number of hydrogen-bond donors (Lipinski definition) is 1. The van der Waals surface area contributed by atoms with Crippen molar-refractivity contribution in [2.45, 2.75) is 30.6 Å². The van der Waals surface area contributed by atoms with Crippen molar-refractivity contribution < 1.29 is 13.2 Å². The van der Waals surface area contributed by atoms with Crippen LogP contribution in [0.5, 0.6) is 0 Å². The zero-order valence-corrected chi connectivity index (χ0v) is 12.4. The van der Waals surface area contributed by atoms with Crippen LogP contribution in [-0.4, -0.2) is 38.7 Å². The second kappa shape index (κ2) is 4.89. The quantitative estimate of drug-likeness (QED) is 0.882. The zero-order chi connectivity index (χ0) is 14.3. The molecule has 2 N–H and O–H groups in total. The molecule has 0 bridgehead atoms. The molecular formula is C14H21NO3S. The second-order valence-electron chi connectivity index (χ2n) is 5.31. The lowest BCUT2D eigenvalue weighted by Crippen LogP contribution is -2.36. The Bertz CT molecular complexity index is 553. The molecule has 4 nitrogen and oxygen atoms in total. The predicted octanol–water partition coefficient (Wildman–Crippen LogP) is 1.24. The number of sulfone groups is 1. The van der Waals surface area contributed by atoms with Crippen molar-refractivity contribution in [3.8, 4) is 0 Å². The number of methoxy groups -OCH3 is 1. The molecule has 1 aromatic rings. The van der Waals surface area contributed by atoms with Crippen LogP contribution in [0, 0.1) is 6.92 Å². The van der Waals surface area contributed by atoms with Gasteiger partial charge in [-0.15, -0.1) is 0 Å². The van der Waals surface area contributed by atoms with Crippen LogP contribution in [-0.2, 0) is 14.6 Å². The van der Waals surface area contributed by atoms with E-state index in [1.165, 1.54) is 0 Å². The van der Waals surface area contributed by atoms with Gasteiger partial charge in [-0.1, -0.05) is 36.8 Å². The van der Waals surface area contributed by atoms with Gasteiger partial charge in [0, 0.05) is 18.8 Å². The van der Waals surface area contributed by atoms with Gasteiger partial charge >= 0.3 is 0 Å². The summed E-state index contributed by atoms with van der Waals surface area (Å²) in [4.78, 5) is 0. The van der Waals surface area contributed by atoms with E-state index in [4.69, 9.17) is 10.5 Å². The minimum atomic E-state index is -3.17. The highest BCUT2D eigenvalue weighted by atomic mass is 32.2. The lowest BCUT2D eigenvalue weighted by Gasteiger charge is -2.10. The maximum atomic E-state index is 12.2. The molecule has 1 aliphatic carbocycles. The highest BCUT2D eigenvalue weighted by molar-refractivity contribution is 7.92. The number of aryl methyl sites for hydroxylation is 1. The van der Waals surface area contributed by atoms with Gasteiger partial charge in [-0.25, -0.2) is 8.42 Å². The van der Waals surface area contributed by atoms with E-state index in [1.807, 2.05) is 31.2 Å². The van der Waals surface area contributed by atoms with E-state index in [0.717, 1.165) is 11.1 Å². The fourth-order valence-electron chi connectivity index (χ4n) is 2.82. The van der Waals surface area contributed by atoms with Gasteiger partial charge in [-0.3, -0.25) is 0 Å². The lowest BCUT2D eigenvalue weighted by atomic mass is 10.1. The monoisotopic (exact) mass is 283 g/mol. The van der Waals surface area contributed by atoms with Gasteiger partial charge in [-0.05, 0) is 12.5 Å². The maximum absolute atomic E-state index is 12.2. The van der Waals surface area contributed by atoms with Crippen LogP contribution in [0.4, 0.5) is 0 Å². The van der Waals surface area contributed by atoms with Crippen LogP contribution in [0.2, 0.25) is 0 Å². The van der Waals surface area contributed by atoms with Crippen LogP contribution in [0.1, 0.15) is 24.0 Å². The van der Waals surface area contributed by atoms with Gasteiger partial charge in [0.05, 0.1) is 17.4 Å². The molecule has 19 heavy (non-hydrogen) atoms. The molecule has 106 valence electrons. The molecular weight excluding hydrogens is 262 g/mol. The van der Waals surface area contributed by atoms with Gasteiger partial charge < -0.3 is 10.5 Å². The second-order valence-corrected chi connectivity index (χ2v) is 7.72. The fourth-order valence-corrected chi connectivity index (χ4v) is 4.81. The highest BCUT2D eigenvalue weighted by Gasteiger charge is 2.68. The maximum Gasteiger partial charge on any atom is 0.155 e. The smallest absolute Gasteiger partial charge is 0.155 e. The van der Waals surface area contributed by atoms with E-state index in [1.54, 1.807) is 14.0 Å². The molecule has 0 amide bonds. The van der Waals surface area contributed by atoms with Crippen molar-refractivity contribution in [2.75, 3.05) is 19.5 Å². The first-order chi connectivity index (χ1) is 8.86. The third-order valence-electron chi connectivity index (χ3n) is 3.92. The Labute approximate surface area is 114 Å². The van der Waals surface area contributed by atoms with Gasteiger partial charge in [0.2, 0.25) is 0 Å². The Hall–Kier alpha value is -0.910. The molecule has 2 rings (SSSR count). The number of nitrogens with two attached hydrogens (primary N) is 1. The van der Waals surface area contributed by atoms with Crippen LogP contribution in [0.15, 0.2) is 24.3 Å². The van der Waals surface area contributed by atoms with E-state index in [0.29, 0.717) is 0 Å². The van der Waals surface area contributed by atoms with Crippen LogP contribution >= 0.6 is 0 Å². The third kappa shape index (κ3) is 2.42. The highest BCUT2D eigenvalue weighted by Crippen LogP contribution is 2.54. The zero-order valence-electron chi connectivity index (χ0n) is 11.6. The average molecular weight is 283 g/mol. The lowest BCUT2D eigenvalue weighted by molar-refractivity contribution is 0.171. The Morgan fingerprint density at radius 2 is 1.89 bits per heavy atom. The van der Waals surface area contributed by atoms with E-state index in [-0.39, 0.29) is 18.3 Å². The molecule has 1 fully saturated rings. The topological polar surface area (TPSA) is 69.4 Å². The van der Waals surface area contributed by atoms with Crippen molar-refractivity contribution >= 4 is 9.84 Å². The normalized spacial score (nSPS) is 30.3. The minimum Gasteiger partial charge on any atom is -0.383 e. The van der Waals surface area contributed by atoms with Crippen LogP contribution in [0.3, 0.4) is 0 Å². The Kier molecular flexibility index (Phi) is 3.73. The summed E-state index contributed by atoms with van der Waals surface area (Å²) in [6.45, 7) is 3.92. The molecule has 0 spiro atoms. The first kappa shape index (κ1) is 14.5. The van der Waals surface area contributed by atoms with Crippen molar-refractivity contribution in [1.29, 1.82) is 0 Å². The summed E-state index contributed by atoms with van der Waals surface area (Å²) >= 11 is 0. The van der Waals surface area contributed by atoms with Gasteiger partial charge in [0.15, 0.2) is 9.84 Å². The summed E-state index contributed by atoms with van der Waals surface area (Å²) in [7, 11) is -1.62. The molecule has 5 heteroatoms. The molecule has 0 aliphatic heterocycles. The van der Waals surface area contributed by atoms with E-state index < -0.39 is 20.6 Å². The molecule has 0 unspecified atom stereocenters. The molecule has 0 heterocycles. The standard InChI is InChI=1S/C14H21NO3S/c1-4-19(16,17)13-12(14(13,15)9-18-3)11-7-5-10(2)6-8-11/h5-8,12-13H,4,9,15H2,1-3H3/t12-,13-,14-/m0/s1. The largest absolute Gasteiger partial charge is 0.383 e. The van der Waals surface area contributed by atoms with E-state index in [9.17, 15) is 8.42 Å². The Morgan fingerprint density at radius 1 is 1.32 bits per heavy atom. The predicted molar refractivity (Wildman–Crippen MR) is 76.0 cm³/mol. The summed E-state index contributed by atoms with van der Waals surface area (Å²) in [6.07, 6.45) is 0. The Balaban J connectivity index is 2.36. The van der Waals surface area contributed by atoms with Crippen molar-refractivity contribution in [2.24, 2.45) is 5.73 Å². The summed E-state index contributed by atoms with van der Waals surface area (Å²) in [5, 5.41) is -0.535. The van der Waals surface area contributed by atoms with E-state index in [2.05, 4.69) is 0 Å². The number of hydrogen-bond acceptors (Lipinski definition) is 4. The minimum absolute atomic E-state index is 0.114. The van der Waals surface area contributed by atoms with Crippen LogP contribution < -0.4 is 5.73 Å². The summed E-state index contributed by atoms with van der Waals surface area (Å²) in [5.74, 6) is -0.0547. The molecule has 0 aromatic heterocycles. The summed E-state index contributed by atoms with van der Waals surface area (Å²) in [5.41, 5.74) is 7.61. The van der Waals surface area contributed by atoms with Crippen LogP contribution in [0.25, 0.3) is 0 Å². The van der Waals surface area contributed by atoms with E-state index >= 15 is 0 Å². The first-order valence-corrected chi connectivity index (χ1v) is 8.14. The van der Waals surface area contributed by atoms with Gasteiger partial charge in [0.25, 0.3) is 0 Å². The number of benzene rings is 1. The SMILES string of the molecule is CCS(=O)(=O)[C@H]1[C@H](c2ccc(C)cc2)[C@@]1(N)COC. The molecule has 1 saturated carbocycles. The summed E-state index contributed by atoms with van der Waals surface area (Å²) < 4.78 is 29.5.